The van der Waals surface area contributed by atoms with Gasteiger partial charge >= 0.3 is 0 Å². The first-order valence-electron chi connectivity index (χ1n) is 5.55. The molecule has 6 nitrogen and oxygen atoms in total. The molecule has 1 aromatic carbocycles. The van der Waals surface area contributed by atoms with E-state index in [0.29, 0.717) is 25.9 Å². The highest BCUT2D eigenvalue weighted by Crippen LogP contribution is 2.24. The van der Waals surface area contributed by atoms with E-state index in [1.165, 1.54) is 12.1 Å². The number of unbranched alkanes of at least 4 members (excludes halogenated alkanes) is 1. The van der Waals surface area contributed by atoms with Gasteiger partial charge in [0.15, 0.2) is 11.5 Å². The smallest absolute Gasteiger partial charge is 0.264 e. The lowest BCUT2D eigenvalue weighted by atomic mass is 10.2. The Morgan fingerprint density at radius 3 is 2.44 bits per heavy atom. The van der Waals surface area contributed by atoms with Crippen LogP contribution >= 0.6 is 0 Å². The Morgan fingerprint density at radius 1 is 1.11 bits per heavy atom. The average molecular weight is 275 g/mol. The maximum Gasteiger partial charge on any atom is 0.264 e. The van der Waals surface area contributed by atoms with Crippen molar-refractivity contribution in [2.45, 2.75) is 19.4 Å². The maximum absolute atomic E-state index is 10.4. The van der Waals surface area contributed by atoms with E-state index in [1.54, 1.807) is 6.07 Å². The van der Waals surface area contributed by atoms with Crippen LogP contribution < -0.4 is 5.32 Å². The molecule has 0 aromatic heterocycles. The molecule has 0 aliphatic carbocycles. The molecule has 4 N–H and O–H groups in total. The van der Waals surface area contributed by atoms with Crippen LogP contribution in [-0.2, 0) is 16.7 Å². The van der Waals surface area contributed by atoms with Gasteiger partial charge in [0.2, 0.25) is 0 Å². The SMILES string of the molecule is O=S(=O)(O)CCCCNCc1ccc(O)c(O)c1. The van der Waals surface area contributed by atoms with Gasteiger partial charge in [-0.05, 0) is 37.1 Å². The molecule has 0 bridgehead atoms. The predicted octanol–water partition coefficient (Wildman–Crippen LogP) is 0.855. The first kappa shape index (κ1) is 14.7. The lowest BCUT2D eigenvalue weighted by Gasteiger charge is -2.05. The molecule has 1 rings (SSSR count). The summed E-state index contributed by atoms with van der Waals surface area (Å²) in [6.45, 7) is 1.12. The first-order valence-corrected chi connectivity index (χ1v) is 7.16. The Kier molecular flexibility index (Phi) is 5.39. The number of phenolic OH excluding ortho intramolecular Hbond substituents is 2. The van der Waals surface area contributed by atoms with Gasteiger partial charge in [0.05, 0.1) is 5.75 Å². The Hall–Kier alpha value is -1.31. The highest BCUT2D eigenvalue weighted by Gasteiger charge is 2.03. The van der Waals surface area contributed by atoms with Gasteiger partial charge in [0, 0.05) is 6.54 Å². The van der Waals surface area contributed by atoms with Gasteiger partial charge < -0.3 is 15.5 Å². The predicted molar refractivity (Wildman–Crippen MR) is 67.1 cm³/mol. The molecule has 0 heterocycles. The summed E-state index contributed by atoms with van der Waals surface area (Å²) in [5.74, 6) is -0.554. The molecule has 0 saturated carbocycles. The molecule has 0 saturated heterocycles. The fourth-order valence-corrected chi connectivity index (χ4v) is 2.02. The standard InChI is InChI=1S/C11H17NO5S/c13-10-4-3-9(7-11(10)14)8-12-5-1-2-6-18(15,16)17/h3-4,7,12-14H,1-2,5-6,8H2,(H,15,16,17). The largest absolute Gasteiger partial charge is 0.504 e. The Bertz CT molecular complexity index is 486. The minimum absolute atomic E-state index is 0.160. The molecule has 102 valence electrons. The van der Waals surface area contributed by atoms with Crippen molar-refractivity contribution in [1.82, 2.24) is 5.32 Å². The third-order valence-corrected chi connectivity index (χ3v) is 3.18. The second-order valence-corrected chi connectivity index (χ2v) is 5.57. The van der Waals surface area contributed by atoms with E-state index in [-0.39, 0.29) is 17.3 Å². The molecule has 0 aliphatic heterocycles. The van der Waals surface area contributed by atoms with Gasteiger partial charge in [0.1, 0.15) is 0 Å². The number of aromatic hydroxyl groups is 2. The molecule has 18 heavy (non-hydrogen) atoms. The van der Waals surface area contributed by atoms with E-state index < -0.39 is 10.1 Å². The molecular formula is C11H17NO5S. The monoisotopic (exact) mass is 275 g/mol. The Labute approximate surface area is 106 Å². The fourth-order valence-electron chi connectivity index (χ4n) is 1.45. The molecule has 0 fully saturated rings. The summed E-state index contributed by atoms with van der Waals surface area (Å²) in [7, 11) is -3.86. The van der Waals surface area contributed by atoms with Crippen molar-refractivity contribution in [2.24, 2.45) is 0 Å². The maximum atomic E-state index is 10.4. The molecule has 0 spiro atoms. The van der Waals surface area contributed by atoms with Crippen LogP contribution in [0.4, 0.5) is 0 Å². The van der Waals surface area contributed by atoms with E-state index in [2.05, 4.69) is 5.32 Å². The van der Waals surface area contributed by atoms with E-state index in [4.69, 9.17) is 9.66 Å². The van der Waals surface area contributed by atoms with Crippen molar-refractivity contribution in [3.63, 3.8) is 0 Å². The summed E-state index contributed by atoms with van der Waals surface area (Å²) in [4.78, 5) is 0. The van der Waals surface area contributed by atoms with Crippen LogP contribution in [0.2, 0.25) is 0 Å². The van der Waals surface area contributed by atoms with Gasteiger partial charge in [-0.15, -0.1) is 0 Å². The van der Waals surface area contributed by atoms with Crippen LogP contribution in [0.1, 0.15) is 18.4 Å². The normalized spacial score (nSPS) is 11.6. The van der Waals surface area contributed by atoms with Crippen LogP contribution in [0.25, 0.3) is 0 Å². The van der Waals surface area contributed by atoms with Crippen molar-refractivity contribution in [2.75, 3.05) is 12.3 Å². The summed E-state index contributed by atoms with van der Waals surface area (Å²) in [6, 6.07) is 4.55. The van der Waals surface area contributed by atoms with Crippen molar-refractivity contribution in [3.8, 4) is 11.5 Å². The van der Waals surface area contributed by atoms with Crippen molar-refractivity contribution in [1.29, 1.82) is 0 Å². The van der Waals surface area contributed by atoms with Crippen LogP contribution in [0, 0.1) is 0 Å². The number of rotatable bonds is 7. The lowest BCUT2D eigenvalue weighted by molar-refractivity contribution is 0.403. The number of nitrogens with one attached hydrogen (secondary N) is 1. The molecular weight excluding hydrogens is 258 g/mol. The first-order chi connectivity index (χ1) is 8.38. The van der Waals surface area contributed by atoms with E-state index in [1.807, 2.05) is 0 Å². The summed E-state index contributed by atoms with van der Waals surface area (Å²) in [5.41, 5.74) is 0.820. The zero-order valence-corrected chi connectivity index (χ0v) is 10.7. The summed E-state index contributed by atoms with van der Waals surface area (Å²) >= 11 is 0. The van der Waals surface area contributed by atoms with Crippen molar-refractivity contribution < 1.29 is 23.2 Å². The fraction of sp³-hybridized carbons (Fsp3) is 0.455. The molecule has 7 heteroatoms. The molecule has 0 amide bonds. The minimum atomic E-state index is -3.86. The van der Waals surface area contributed by atoms with Crippen LogP contribution in [0.3, 0.4) is 0 Å². The molecule has 1 aromatic rings. The Balaban J connectivity index is 2.20. The van der Waals surface area contributed by atoms with Crippen LogP contribution in [0.5, 0.6) is 11.5 Å². The summed E-state index contributed by atoms with van der Waals surface area (Å²) in [5, 5.41) is 21.4. The molecule has 0 radical (unpaired) electrons. The van der Waals surface area contributed by atoms with Crippen LogP contribution in [0.15, 0.2) is 18.2 Å². The quantitative estimate of drug-likeness (QED) is 0.334. The van der Waals surface area contributed by atoms with E-state index in [9.17, 15) is 13.5 Å². The second kappa shape index (κ2) is 6.58. The van der Waals surface area contributed by atoms with Gasteiger partial charge in [-0.1, -0.05) is 6.07 Å². The number of phenols is 2. The Morgan fingerprint density at radius 2 is 1.83 bits per heavy atom. The van der Waals surface area contributed by atoms with Crippen molar-refractivity contribution in [3.05, 3.63) is 23.8 Å². The number of hydrogen-bond acceptors (Lipinski definition) is 5. The molecule has 0 aliphatic rings. The zero-order valence-electron chi connectivity index (χ0n) is 9.83. The van der Waals surface area contributed by atoms with Gasteiger partial charge in [0.25, 0.3) is 10.1 Å². The molecule has 0 unspecified atom stereocenters. The number of hydrogen-bond donors (Lipinski definition) is 4. The zero-order chi connectivity index (χ0) is 13.6. The van der Waals surface area contributed by atoms with E-state index >= 15 is 0 Å². The minimum Gasteiger partial charge on any atom is -0.504 e. The van der Waals surface area contributed by atoms with Gasteiger partial charge in [-0.2, -0.15) is 8.42 Å². The summed E-state index contributed by atoms with van der Waals surface area (Å²) < 4.78 is 29.4. The van der Waals surface area contributed by atoms with Gasteiger partial charge in [-0.25, -0.2) is 0 Å². The number of benzene rings is 1. The van der Waals surface area contributed by atoms with Crippen molar-refractivity contribution >= 4 is 10.1 Å². The topological polar surface area (TPSA) is 107 Å². The lowest BCUT2D eigenvalue weighted by Crippen LogP contribution is -2.15. The second-order valence-electron chi connectivity index (χ2n) is 3.99. The third-order valence-electron chi connectivity index (χ3n) is 2.37. The van der Waals surface area contributed by atoms with Crippen LogP contribution in [-0.4, -0.2) is 35.5 Å². The summed E-state index contributed by atoms with van der Waals surface area (Å²) in [6.07, 6.45) is 1.02. The third kappa shape index (κ3) is 5.85. The highest BCUT2D eigenvalue weighted by molar-refractivity contribution is 7.85. The highest BCUT2D eigenvalue weighted by atomic mass is 32.2. The van der Waals surface area contributed by atoms with Gasteiger partial charge in [-0.3, -0.25) is 4.55 Å². The van der Waals surface area contributed by atoms with E-state index in [0.717, 1.165) is 5.56 Å². The average Bonchev–Trinajstić information content (AvgIpc) is 2.26. The molecule has 0 atom stereocenters.